The molecule has 7 nitrogen and oxygen atoms in total. The Labute approximate surface area is 199 Å². The summed E-state index contributed by atoms with van der Waals surface area (Å²) in [6.45, 7) is 3.36. The topological polar surface area (TPSA) is 116 Å². The molecule has 32 heavy (non-hydrogen) atoms. The number of hydrogen-bond acceptors (Lipinski definition) is 7. The number of unbranched alkanes of at least 4 members (excludes halogenated alkanes) is 9. The van der Waals surface area contributed by atoms with Gasteiger partial charge in [0.2, 0.25) is 0 Å². The van der Waals surface area contributed by atoms with Gasteiger partial charge in [0.05, 0.1) is 16.5 Å². The fraction of sp³-hybridized carbons (Fsp3) is 0.773. The fourth-order valence-electron chi connectivity index (χ4n) is 3.52. The molecule has 0 amide bonds. The van der Waals surface area contributed by atoms with Gasteiger partial charge < -0.3 is 4.90 Å². The summed E-state index contributed by atoms with van der Waals surface area (Å²) in [6, 6.07) is 1.82. The summed E-state index contributed by atoms with van der Waals surface area (Å²) in [4.78, 5) is 1.71. The van der Waals surface area contributed by atoms with Gasteiger partial charge in [-0.15, -0.1) is 11.8 Å². The maximum atomic E-state index is 12.5. The first-order valence-corrected chi connectivity index (χ1v) is 15.8. The zero-order valence-corrected chi connectivity index (χ0v) is 21.6. The van der Waals surface area contributed by atoms with Gasteiger partial charge in [-0.2, -0.15) is 13.7 Å². The van der Waals surface area contributed by atoms with E-state index < -0.39 is 20.0 Å². The van der Waals surface area contributed by atoms with E-state index >= 15 is 0 Å². The molecule has 1 heterocycles. The van der Waals surface area contributed by atoms with E-state index in [4.69, 9.17) is 4.55 Å². The number of allylic oxidation sites excluding steroid dienone is 3. The summed E-state index contributed by atoms with van der Waals surface area (Å²) in [5.41, 5.74) is 0. The highest BCUT2D eigenvalue weighted by Gasteiger charge is 2.20. The lowest BCUT2D eigenvalue weighted by Crippen LogP contribution is -2.21. The molecule has 0 unspecified atom stereocenters. The van der Waals surface area contributed by atoms with Gasteiger partial charge in [-0.3, -0.25) is 4.55 Å². The Hall–Kier alpha value is -1.02. The molecular formula is C22H38N2O5S3. The Morgan fingerprint density at radius 3 is 2.16 bits per heavy atom. The molecule has 0 spiro atoms. The van der Waals surface area contributed by atoms with E-state index in [-0.39, 0.29) is 22.8 Å². The highest BCUT2D eigenvalue weighted by Crippen LogP contribution is 2.28. The molecule has 1 fully saturated rings. The first kappa shape index (κ1) is 29.0. The molecule has 10 heteroatoms. The van der Waals surface area contributed by atoms with Crippen molar-refractivity contribution in [1.82, 2.24) is 4.90 Å². The molecule has 0 saturated carbocycles. The second kappa shape index (κ2) is 15.8. The van der Waals surface area contributed by atoms with Crippen LogP contribution >= 0.6 is 11.8 Å². The van der Waals surface area contributed by atoms with E-state index in [2.05, 4.69) is 6.92 Å². The molecule has 184 valence electrons. The maximum absolute atomic E-state index is 12.5. The molecule has 0 atom stereocenters. The lowest BCUT2D eigenvalue weighted by atomic mass is 10.1. The van der Waals surface area contributed by atoms with Crippen molar-refractivity contribution < 1.29 is 21.4 Å². The van der Waals surface area contributed by atoms with Crippen LogP contribution in [0.1, 0.15) is 77.6 Å². The van der Waals surface area contributed by atoms with Crippen molar-refractivity contribution in [1.29, 1.82) is 5.26 Å². The maximum Gasteiger partial charge on any atom is 0.264 e. The minimum Gasteiger partial charge on any atom is -0.365 e. The first-order chi connectivity index (χ1) is 15.2. The van der Waals surface area contributed by atoms with E-state index in [0.717, 1.165) is 30.0 Å². The van der Waals surface area contributed by atoms with Gasteiger partial charge in [0.25, 0.3) is 10.1 Å². The van der Waals surface area contributed by atoms with Crippen LogP contribution in [0.4, 0.5) is 0 Å². The molecule has 1 aliphatic rings. The molecule has 0 aromatic carbocycles. The third kappa shape index (κ3) is 12.9. The highest BCUT2D eigenvalue weighted by atomic mass is 32.2. The molecule has 0 aromatic heterocycles. The molecule has 0 aliphatic carbocycles. The van der Waals surface area contributed by atoms with Gasteiger partial charge in [-0.1, -0.05) is 64.7 Å². The monoisotopic (exact) mass is 506 g/mol. The molecule has 1 N–H and O–H groups in total. The summed E-state index contributed by atoms with van der Waals surface area (Å²) >= 11 is 1.53. The minimum absolute atomic E-state index is 0.0166. The van der Waals surface area contributed by atoms with E-state index in [1.165, 1.54) is 56.4 Å². The molecule has 1 aliphatic heterocycles. The van der Waals surface area contributed by atoms with Gasteiger partial charge in [-0.25, -0.2) is 8.42 Å². The summed E-state index contributed by atoms with van der Waals surface area (Å²) in [5, 5.41) is 10.2. The average molecular weight is 507 g/mol. The number of rotatable bonds is 17. The highest BCUT2D eigenvalue weighted by molar-refractivity contribution is 8.03. The summed E-state index contributed by atoms with van der Waals surface area (Å²) in [7, 11) is -7.60. The quantitative estimate of drug-likeness (QED) is 0.168. The predicted molar refractivity (Wildman–Crippen MR) is 132 cm³/mol. The molecule has 0 aromatic rings. The molecule has 1 rings (SSSR count). The lowest BCUT2D eigenvalue weighted by Gasteiger charge is -2.18. The Balaban J connectivity index is 2.45. The van der Waals surface area contributed by atoms with Crippen LogP contribution in [0.25, 0.3) is 0 Å². The fourth-order valence-corrected chi connectivity index (χ4v) is 6.28. The Morgan fingerprint density at radius 1 is 1.00 bits per heavy atom. The van der Waals surface area contributed by atoms with E-state index in [9.17, 15) is 22.1 Å². The van der Waals surface area contributed by atoms with Crippen LogP contribution < -0.4 is 0 Å². The first-order valence-electron chi connectivity index (χ1n) is 11.6. The van der Waals surface area contributed by atoms with Gasteiger partial charge >= 0.3 is 0 Å². The third-order valence-electron chi connectivity index (χ3n) is 5.34. The zero-order valence-electron chi connectivity index (χ0n) is 19.2. The SMILES string of the molecule is CCCCCCCCCCCCS(=O)(=O)C(C#N)=C/C=C1\SCCN1CCCS(=O)(=O)O. The van der Waals surface area contributed by atoms with Crippen LogP contribution in [-0.4, -0.2) is 56.6 Å². The molecule has 0 radical (unpaired) electrons. The third-order valence-corrected chi connectivity index (χ3v) is 8.95. The van der Waals surface area contributed by atoms with Crippen molar-refractivity contribution in [2.45, 2.75) is 77.6 Å². The largest absolute Gasteiger partial charge is 0.365 e. The van der Waals surface area contributed by atoms with Crippen LogP contribution in [0.3, 0.4) is 0 Å². The van der Waals surface area contributed by atoms with Crippen LogP contribution in [-0.2, 0) is 20.0 Å². The number of thioether (sulfide) groups is 1. The van der Waals surface area contributed by atoms with Crippen LogP contribution in [0, 0.1) is 11.3 Å². The van der Waals surface area contributed by atoms with Gasteiger partial charge in [-0.05, 0) is 25.0 Å². The van der Waals surface area contributed by atoms with Gasteiger partial charge in [0.15, 0.2) is 9.84 Å². The van der Waals surface area contributed by atoms with Gasteiger partial charge in [0.1, 0.15) is 11.0 Å². The Bertz CT molecular complexity index is 858. The zero-order chi connectivity index (χ0) is 23.9. The smallest absolute Gasteiger partial charge is 0.264 e. The van der Waals surface area contributed by atoms with Gasteiger partial charge in [0, 0.05) is 18.8 Å². The molecular weight excluding hydrogens is 468 g/mol. The van der Waals surface area contributed by atoms with Crippen molar-refractivity contribution >= 4 is 31.7 Å². The number of sulfone groups is 1. The van der Waals surface area contributed by atoms with E-state index in [1.807, 2.05) is 11.0 Å². The summed E-state index contributed by atoms with van der Waals surface area (Å²) in [5.74, 6) is 0.476. The van der Waals surface area contributed by atoms with Crippen molar-refractivity contribution in [3.63, 3.8) is 0 Å². The van der Waals surface area contributed by atoms with Crippen LogP contribution in [0.5, 0.6) is 0 Å². The van der Waals surface area contributed by atoms with E-state index in [1.54, 1.807) is 6.08 Å². The summed E-state index contributed by atoms with van der Waals surface area (Å²) in [6.07, 6.45) is 14.4. The minimum atomic E-state index is -3.99. The van der Waals surface area contributed by atoms with Crippen LogP contribution in [0.15, 0.2) is 22.1 Å². The average Bonchev–Trinajstić information content (AvgIpc) is 3.16. The second-order valence-corrected chi connectivity index (χ2v) is 12.9. The Morgan fingerprint density at radius 2 is 1.59 bits per heavy atom. The number of nitriles is 1. The van der Waals surface area contributed by atoms with Crippen molar-refractivity contribution in [2.75, 3.05) is 30.3 Å². The molecule has 1 saturated heterocycles. The van der Waals surface area contributed by atoms with Crippen molar-refractivity contribution in [3.05, 3.63) is 22.1 Å². The lowest BCUT2D eigenvalue weighted by molar-refractivity contribution is 0.398. The van der Waals surface area contributed by atoms with Crippen LogP contribution in [0.2, 0.25) is 0 Å². The Kier molecular flexibility index (Phi) is 14.3. The normalized spacial score (nSPS) is 16.6. The standard InChI is InChI=1S/C22H38N2O5S3/c1-2-3-4-5-6-7-8-9-10-11-18-31(25,26)21(20-23)13-14-22-24(16-17-30-22)15-12-19-32(27,28)29/h13-14H,2-12,15-19H2,1H3,(H,27,28,29)/b21-13?,22-14-. The van der Waals surface area contributed by atoms with Crippen molar-refractivity contribution in [3.8, 4) is 6.07 Å². The number of hydrogen-bond donors (Lipinski definition) is 1. The summed E-state index contributed by atoms with van der Waals surface area (Å²) < 4.78 is 55.6. The second-order valence-electron chi connectivity index (χ2n) is 8.12. The predicted octanol–water partition coefficient (Wildman–Crippen LogP) is 4.90. The van der Waals surface area contributed by atoms with E-state index in [0.29, 0.717) is 19.5 Å². The molecule has 0 bridgehead atoms. The van der Waals surface area contributed by atoms with Crippen molar-refractivity contribution in [2.24, 2.45) is 0 Å². The number of nitrogens with zero attached hydrogens (tertiary/aromatic N) is 2.